The Morgan fingerprint density at radius 3 is 2.30 bits per heavy atom. The smallest absolute Gasteiger partial charge is 0.244 e. The van der Waals surface area contributed by atoms with E-state index in [2.05, 4.69) is 23.5 Å². The largest absolute Gasteiger partial charge is 0.348 e. The lowest BCUT2D eigenvalue weighted by Gasteiger charge is -2.31. The van der Waals surface area contributed by atoms with Gasteiger partial charge in [0.1, 0.15) is 6.04 Å². The zero-order valence-corrected chi connectivity index (χ0v) is 19.3. The van der Waals surface area contributed by atoms with Crippen molar-refractivity contribution < 1.29 is 13.2 Å². The van der Waals surface area contributed by atoms with E-state index < -0.39 is 16.1 Å². The highest BCUT2D eigenvalue weighted by atomic mass is 32.2. The molecule has 0 aromatic heterocycles. The molecule has 1 N–H and O–H groups in total. The summed E-state index contributed by atoms with van der Waals surface area (Å²) in [4.78, 5) is 13.2. The quantitative estimate of drug-likeness (QED) is 0.718. The second-order valence-electron chi connectivity index (χ2n) is 8.44. The van der Waals surface area contributed by atoms with Crippen LogP contribution in [0.15, 0.2) is 36.4 Å². The molecular weight excluding hydrogens is 396 g/mol. The molecular formula is C24H32N2O3S. The van der Waals surface area contributed by atoms with E-state index in [-0.39, 0.29) is 11.9 Å². The van der Waals surface area contributed by atoms with Crippen LogP contribution in [0.25, 0.3) is 0 Å². The Bertz CT molecular complexity index is 1030. The lowest BCUT2D eigenvalue weighted by molar-refractivity contribution is -0.122. The Kier molecular flexibility index (Phi) is 6.56. The zero-order chi connectivity index (χ0) is 22.1. The molecule has 0 radical (unpaired) electrons. The average Bonchev–Trinajstić information content (AvgIpc) is 3.11. The SMILES string of the molecule is CC[C@@H](C(=O)N[C@@H](C)c1ccc2c(c1)CCC2)N(c1cc(C)cc(C)c1)S(C)(=O)=O. The molecule has 1 amide bonds. The number of nitrogens with one attached hydrogen (secondary N) is 1. The Morgan fingerprint density at radius 1 is 1.07 bits per heavy atom. The van der Waals surface area contributed by atoms with Gasteiger partial charge in [-0.05, 0) is 86.4 Å². The van der Waals surface area contributed by atoms with Crippen LogP contribution in [0.2, 0.25) is 0 Å². The van der Waals surface area contributed by atoms with Crippen molar-refractivity contribution in [2.45, 2.75) is 65.5 Å². The average molecular weight is 429 g/mol. The maximum Gasteiger partial charge on any atom is 0.244 e. The summed E-state index contributed by atoms with van der Waals surface area (Å²) in [5.74, 6) is -0.282. The van der Waals surface area contributed by atoms with Gasteiger partial charge < -0.3 is 5.32 Å². The normalized spacial score (nSPS) is 15.4. The van der Waals surface area contributed by atoms with Gasteiger partial charge in [0.05, 0.1) is 18.0 Å². The van der Waals surface area contributed by atoms with Crippen molar-refractivity contribution in [2.24, 2.45) is 0 Å². The molecule has 0 spiro atoms. The van der Waals surface area contributed by atoms with Gasteiger partial charge in [-0.1, -0.05) is 31.2 Å². The minimum atomic E-state index is -3.64. The monoisotopic (exact) mass is 428 g/mol. The number of sulfonamides is 1. The van der Waals surface area contributed by atoms with E-state index in [0.717, 1.165) is 35.8 Å². The van der Waals surface area contributed by atoms with Crippen molar-refractivity contribution in [1.29, 1.82) is 0 Å². The fourth-order valence-corrected chi connectivity index (χ4v) is 5.59. The van der Waals surface area contributed by atoms with Gasteiger partial charge in [0.15, 0.2) is 0 Å². The third-order valence-corrected chi connectivity index (χ3v) is 6.95. The minimum absolute atomic E-state index is 0.196. The van der Waals surface area contributed by atoms with Crippen molar-refractivity contribution in [3.63, 3.8) is 0 Å². The van der Waals surface area contributed by atoms with Crippen LogP contribution in [0.3, 0.4) is 0 Å². The molecule has 0 saturated heterocycles. The Balaban J connectivity index is 1.87. The third kappa shape index (κ3) is 4.86. The van der Waals surface area contributed by atoms with Crippen molar-refractivity contribution in [1.82, 2.24) is 5.32 Å². The van der Waals surface area contributed by atoms with E-state index in [1.807, 2.05) is 45.9 Å². The summed E-state index contributed by atoms with van der Waals surface area (Å²) in [6.07, 6.45) is 4.91. The Hall–Kier alpha value is -2.34. The summed E-state index contributed by atoms with van der Waals surface area (Å²) >= 11 is 0. The van der Waals surface area contributed by atoms with E-state index in [4.69, 9.17) is 0 Å². The number of carbonyl (C=O) groups is 1. The fourth-order valence-electron chi connectivity index (χ4n) is 4.39. The molecule has 2 aromatic carbocycles. The van der Waals surface area contributed by atoms with Crippen molar-refractivity contribution in [2.75, 3.05) is 10.6 Å². The number of nitrogens with zero attached hydrogens (tertiary/aromatic N) is 1. The molecule has 0 aliphatic heterocycles. The third-order valence-electron chi connectivity index (χ3n) is 5.77. The minimum Gasteiger partial charge on any atom is -0.348 e. The molecule has 5 nitrogen and oxygen atoms in total. The highest BCUT2D eigenvalue weighted by Crippen LogP contribution is 2.27. The first-order chi connectivity index (χ1) is 14.1. The van der Waals surface area contributed by atoms with E-state index in [9.17, 15) is 13.2 Å². The van der Waals surface area contributed by atoms with E-state index in [0.29, 0.717) is 12.1 Å². The molecule has 3 rings (SSSR count). The molecule has 0 unspecified atom stereocenters. The van der Waals surface area contributed by atoms with Crippen molar-refractivity contribution >= 4 is 21.6 Å². The first-order valence-corrected chi connectivity index (χ1v) is 12.4. The van der Waals surface area contributed by atoms with E-state index >= 15 is 0 Å². The predicted molar refractivity (Wildman–Crippen MR) is 122 cm³/mol. The maximum atomic E-state index is 13.2. The van der Waals surface area contributed by atoms with Crippen LogP contribution >= 0.6 is 0 Å². The van der Waals surface area contributed by atoms with Crippen LogP contribution in [0, 0.1) is 13.8 Å². The molecule has 0 fully saturated rings. The summed E-state index contributed by atoms with van der Waals surface area (Å²) in [7, 11) is -3.64. The summed E-state index contributed by atoms with van der Waals surface area (Å²) < 4.78 is 26.6. The van der Waals surface area contributed by atoms with Gasteiger partial charge in [0.25, 0.3) is 0 Å². The van der Waals surface area contributed by atoms with Crippen LogP contribution < -0.4 is 9.62 Å². The van der Waals surface area contributed by atoms with Crippen molar-refractivity contribution in [3.05, 3.63) is 64.2 Å². The van der Waals surface area contributed by atoms with Gasteiger partial charge in [0, 0.05) is 0 Å². The molecule has 2 atom stereocenters. The highest BCUT2D eigenvalue weighted by molar-refractivity contribution is 7.92. The van der Waals surface area contributed by atoms with Crippen molar-refractivity contribution in [3.8, 4) is 0 Å². The van der Waals surface area contributed by atoms with Crippen LogP contribution in [-0.4, -0.2) is 26.6 Å². The number of rotatable bonds is 7. The molecule has 162 valence electrons. The van der Waals surface area contributed by atoms with E-state index in [1.54, 1.807) is 0 Å². The number of hydrogen-bond acceptors (Lipinski definition) is 3. The number of hydrogen-bond donors (Lipinski definition) is 1. The lowest BCUT2D eigenvalue weighted by Crippen LogP contribution is -2.49. The summed E-state index contributed by atoms with van der Waals surface area (Å²) in [6, 6.07) is 11.0. The maximum absolute atomic E-state index is 13.2. The molecule has 30 heavy (non-hydrogen) atoms. The molecule has 0 saturated carbocycles. The number of aryl methyl sites for hydroxylation is 4. The van der Waals surface area contributed by atoms with Crippen LogP contribution in [0.4, 0.5) is 5.69 Å². The topological polar surface area (TPSA) is 66.5 Å². The number of carbonyl (C=O) groups excluding carboxylic acids is 1. The van der Waals surface area contributed by atoms with Gasteiger partial charge in [-0.2, -0.15) is 0 Å². The van der Waals surface area contributed by atoms with Crippen LogP contribution in [-0.2, 0) is 27.7 Å². The molecule has 0 heterocycles. The standard InChI is InChI=1S/C24H32N2O3S/c1-6-23(26(30(5,28)29)22-13-16(2)12-17(3)14-22)24(27)25-18(4)20-11-10-19-8-7-9-21(19)15-20/h10-15,18,23H,6-9H2,1-5H3,(H,25,27)/t18-,23-/m0/s1. The van der Waals surface area contributed by atoms with Gasteiger partial charge in [0.2, 0.25) is 15.9 Å². The molecule has 2 aromatic rings. The van der Waals surface area contributed by atoms with Crippen LogP contribution in [0.5, 0.6) is 0 Å². The van der Waals surface area contributed by atoms with Gasteiger partial charge >= 0.3 is 0 Å². The summed E-state index contributed by atoms with van der Waals surface area (Å²) in [6.45, 7) is 7.63. The van der Waals surface area contributed by atoms with Gasteiger partial charge in [-0.25, -0.2) is 8.42 Å². The first-order valence-electron chi connectivity index (χ1n) is 10.6. The van der Waals surface area contributed by atoms with E-state index in [1.165, 1.54) is 21.9 Å². The zero-order valence-electron chi connectivity index (χ0n) is 18.5. The first kappa shape index (κ1) is 22.3. The van der Waals surface area contributed by atoms with Gasteiger partial charge in [-0.3, -0.25) is 9.10 Å². The summed E-state index contributed by atoms with van der Waals surface area (Å²) in [5.41, 5.74) is 6.25. The second kappa shape index (κ2) is 8.80. The number of amides is 1. The van der Waals surface area contributed by atoms with Gasteiger partial charge in [-0.15, -0.1) is 0 Å². The number of benzene rings is 2. The second-order valence-corrected chi connectivity index (χ2v) is 10.3. The fraction of sp³-hybridized carbons (Fsp3) is 0.458. The number of fused-ring (bicyclic) bond motifs is 1. The Labute approximate surface area is 180 Å². The highest BCUT2D eigenvalue weighted by Gasteiger charge is 2.32. The lowest BCUT2D eigenvalue weighted by atomic mass is 10.0. The predicted octanol–water partition coefficient (Wildman–Crippen LogP) is 4.21. The number of anilines is 1. The molecule has 1 aliphatic carbocycles. The molecule has 1 aliphatic rings. The molecule has 0 bridgehead atoms. The van der Waals surface area contributed by atoms with Crippen LogP contribution in [0.1, 0.15) is 60.5 Å². The molecule has 6 heteroatoms. The Morgan fingerprint density at radius 2 is 1.70 bits per heavy atom. The summed E-state index contributed by atoms with van der Waals surface area (Å²) in [5, 5.41) is 3.04.